The number of carboxylic acid groups (broad SMARTS) is 1. The van der Waals surface area contributed by atoms with E-state index in [2.05, 4.69) is 5.32 Å². The molecule has 0 radical (unpaired) electrons. The highest BCUT2D eigenvalue weighted by molar-refractivity contribution is 5.75. The monoisotopic (exact) mass is 272 g/mol. The largest absolute Gasteiger partial charge is 0.479 e. The zero-order valence-corrected chi connectivity index (χ0v) is 10.7. The van der Waals surface area contributed by atoms with Gasteiger partial charge in [-0.1, -0.05) is 0 Å². The molecular weight excluding hydrogens is 252 g/mol. The molecule has 3 unspecified atom stereocenters. The van der Waals surface area contributed by atoms with Crippen LogP contribution < -0.4 is 5.32 Å². The molecule has 0 aromatic carbocycles. The fourth-order valence-corrected chi connectivity index (χ4v) is 2.63. The number of carbonyl (C=O) groups excluding carboxylic acids is 1. The third-order valence-corrected chi connectivity index (χ3v) is 3.71. The maximum atomic E-state index is 11.9. The number of hydrogen-bond donors (Lipinski definition) is 3. The van der Waals surface area contributed by atoms with Gasteiger partial charge in [-0.15, -0.1) is 0 Å². The fourth-order valence-electron chi connectivity index (χ4n) is 2.63. The molecule has 0 aromatic rings. The van der Waals surface area contributed by atoms with Crippen molar-refractivity contribution >= 4 is 12.0 Å². The van der Waals surface area contributed by atoms with Crippen LogP contribution in [-0.4, -0.2) is 65.1 Å². The van der Waals surface area contributed by atoms with Crippen LogP contribution in [0.25, 0.3) is 0 Å². The molecule has 3 N–H and O–H groups in total. The lowest BCUT2D eigenvalue weighted by Gasteiger charge is -2.24. The number of nitrogens with one attached hydrogen (secondary N) is 1. The van der Waals surface area contributed by atoms with Gasteiger partial charge in [-0.25, -0.2) is 9.59 Å². The van der Waals surface area contributed by atoms with E-state index in [1.165, 1.54) is 0 Å². The number of ether oxygens (including phenoxy) is 1. The van der Waals surface area contributed by atoms with E-state index in [9.17, 15) is 9.59 Å². The van der Waals surface area contributed by atoms with E-state index >= 15 is 0 Å². The normalized spacial score (nSPS) is 30.6. The van der Waals surface area contributed by atoms with Crippen LogP contribution >= 0.6 is 0 Å². The molecule has 0 aromatic heterocycles. The zero-order chi connectivity index (χ0) is 13.8. The number of aliphatic hydroxyl groups excluding tert-OH is 1. The van der Waals surface area contributed by atoms with Crippen LogP contribution in [0.15, 0.2) is 0 Å². The van der Waals surface area contributed by atoms with Crippen LogP contribution in [0, 0.1) is 0 Å². The first-order chi connectivity index (χ1) is 9.11. The van der Waals surface area contributed by atoms with Gasteiger partial charge in [0.05, 0.1) is 18.8 Å². The van der Waals surface area contributed by atoms with E-state index in [0.717, 1.165) is 12.8 Å². The van der Waals surface area contributed by atoms with Crippen molar-refractivity contribution in [2.45, 2.75) is 43.9 Å². The highest BCUT2D eigenvalue weighted by Gasteiger charge is 2.32. The highest BCUT2D eigenvalue weighted by Crippen LogP contribution is 2.20. The molecule has 7 heteroatoms. The first kappa shape index (κ1) is 14.1. The number of rotatable bonds is 4. The molecule has 2 aliphatic heterocycles. The summed E-state index contributed by atoms with van der Waals surface area (Å²) in [5.74, 6) is -0.950. The van der Waals surface area contributed by atoms with Crippen molar-refractivity contribution in [3.05, 3.63) is 0 Å². The number of urea groups is 1. The van der Waals surface area contributed by atoms with Crippen LogP contribution in [0.4, 0.5) is 4.79 Å². The number of aliphatic carboxylic acids is 1. The van der Waals surface area contributed by atoms with Crippen molar-refractivity contribution in [2.75, 3.05) is 19.7 Å². The summed E-state index contributed by atoms with van der Waals surface area (Å²) < 4.78 is 5.31. The van der Waals surface area contributed by atoms with Gasteiger partial charge in [-0.05, 0) is 25.7 Å². The van der Waals surface area contributed by atoms with Gasteiger partial charge in [0.2, 0.25) is 0 Å². The lowest BCUT2D eigenvalue weighted by Crippen LogP contribution is -2.46. The number of carbonyl (C=O) groups is 2. The van der Waals surface area contributed by atoms with Crippen molar-refractivity contribution in [1.29, 1.82) is 0 Å². The van der Waals surface area contributed by atoms with Crippen LogP contribution in [0.1, 0.15) is 25.7 Å². The third-order valence-electron chi connectivity index (χ3n) is 3.71. The van der Waals surface area contributed by atoms with E-state index in [1.807, 2.05) is 0 Å². The molecule has 2 amide bonds. The SMILES string of the molecule is O=C(O)C1CCC(CNC(=O)N2CCCC2CO)O1. The second kappa shape index (κ2) is 6.21. The Hall–Kier alpha value is -1.34. The van der Waals surface area contributed by atoms with Crippen molar-refractivity contribution in [3.8, 4) is 0 Å². The van der Waals surface area contributed by atoms with Crippen molar-refractivity contribution in [3.63, 3.8) is 0 Å². The molecule has 0 bridgehead atoms. The van der Waals surface area contributed by atoms with E-state index in [4.69, 9.17) is 14.9 Å². The predicted molar refractivity (Wildman–Crippen MR) is 65.7 cm³/mol. The first-order valence-corrected chi connectivity index (χ1v) is 6.65. The van der Waals surface area contributed by atoms with Crippen LogP contribution in [0.3, 0.4) is 0 Å². The van der Waals surface area contributed by atoms with E-state index < -0.39 is 12.1 Å². The summed E-state index contributed by atoms with van der Waals surface area (Å²) >= 11 is 0. The molecule has 2 aliphatic rings. The van der Waals surface area contributed by atoms with Crippen molar-refractivity contribution in [2.24, 2.45) is 0 Å². The lowest BCUT2D eigenvalue weighted by atomic mass is 10.2. The number of amides is 2. The molecule has 0 saturated carbocycles. The van der Waals surface area contributed by atoms with Gasteiger partial charge in [0.25, 0.3) is 0 Å². The molecular formula is C12H20N2O5. The number of likely N-dealkylation sites (tertiary alicyclic amines) is 1. The summed E-state index contributed by atoms with van der Waals surface area (Å²) in [6.07, 6.45) is 1.86. The van der Waals surface area contributed by atoms with Gasteiger partial charge >= 0.3 is 12.0 Å². The summed E-state index contributed by atoms with van der Waals surface area (Å²) in [6, 6.07) is -0.310. The Morgan fingerprint density at radius 1 is 1.32 bits per heavy atom. The van der Waals surface area contributed by atoms with E-state index in [-0.39, 0.29) is 24.8 Å². The van der Waals surface area contributed by atoms with Crippen LogP contribution in [0.5, 0.6) is 0 Å². The summed E-state index contributed by atoms with van der Waals surface area (Å²) in [6.45, 7) is 0.950. The Morgan fingerprint density at radius 2 is 2.11 bits per heavy atom. The molecule has 0 aliphatic carbocycles. The molecule has 0 spiro atoms. The number of carboxylic acids is 1. The maximum Gasteiger partial charge on any atom is 0.332 e. The maximum absolute atomic E-state index is 11.9. The Morgan fingerprint density at radius 3 is 2.74 bits per heavy atom. The molecule has 2 saturated heterocycles. The second-order valence-corrected chi connectivity index (χ2v) is 5.02. The molecule has 3 atom stereocenters. The molecule has 2 rings (SSSR count). The Balaban J connectivity index is 1.74. The first-order valence-electron chi connectivity index (χ1n) is 6.65. The second-order valence-electron chi connectivity index (χ2n) is 5.02. The van der Waals surface area contributed by atoms with Crippen molar-refractivity contribution < 1.29 is 24.5 Å². The average molecular weight is 272 g/mol. The summed E-state index contributed by atoms with van der Waals surface area (Å²) in [5.41, 5.74) is 0. The van der Waals surface area contributed by atoms with Crippen LogP contribution in [-0.2, 0) is 9.53 Å². The number of nitrogens with zero attached hydrogens (tertiary/aromatic N) is 1. The third kappa shape index (κ3) is 3.36. The van der Waals surface area contributed by atoms with E-state index in [0.29, 0.717) is 25.9 Å². The standard InChI is InChI=1S/C12H20N2O5/c15-7-8-2-1-5-14(8)12(18)13-6-9-3-4-10(19-9)11(16)17/h8-10,15H,1-7H2,(H,13,18)(H,16,17). The topological polar surface area (TPSA) is 99.1 Å². The quantitative estimate of drug-likeness (QED) is 0.657. The fraction of sp³-hybridized carbons (Fsp3) is 0.833. The van der Waals surface area contributed by atoms with Crippen molar-refractivity contribution in [1.82, 2.24) is 10.2 Å². The summed E-state index contributed by atoms with van der Waals surface area (Å²) in [5, 5.41) is 20.7. The van der Waals surface area contributed by atoms with Gasteiger partial charge in [0, 0.05) is 13.1 Å². The Kier molecular flexibility index (Phi) is 4.60. The smallest absolute Gasteiger partial charge is 0.332 e. The molecule has 108 valence electrons. The number of hydrogen-bond acceptors (Lipinski definition) is 4. The Bertz CT molecular complexity index is 349. The molecule has 7 nitrogen and oxygen atoms in total. The zero-order valence-electron chi connectivity index (χ0n) is 10.7. The van der Waals surface area contributed by atoms with Gasteiger partial charge in [0.15, 0.2) is 6.10 Å². The summed E-state index contributed by atoms with van der Waals surface area (Å²) in [7, 11) is 0. The lowest BCUT2D eigenvalue weighted by molar-refractivity contribution is -0.149. The predicted octanol–water partition coefficient (Wildman–Crippen LogP) is -0.215. The average Bonchev–Trinajstić information content (AvgIpc) is 3.04. The molecule has 19 heavy (non-hydrogen) atoms. The highest BCUT2D eigenvalue weighted by atomic mass is 16.5. The van der Waals surface area contributed by atoms with Crippen LogP contribution in [0.2, 0.25) is 0 Å². The van der Waals surface area contributed by atoms with Gasteiger partial charge < -0.3 is 25.2 Å². The molecule has 2 heterocycles. The van der Waals surface area contributed by atoms with Gasteiger partial charge in [0.1, 0.15) is 0 Å². The minimum Gasteiger partial charge on any atom is -0.479 e. The van der Waals surface area contributed by atoms with Gasteiger partial charge in [-0.3, -0.25) is 0 Å². The Labute approximate surface area is 111 Å². The molecule has 2 fully saturated rings. The van der Waals surface area contributed by atoms with Gasteiger partial charge in [-0.2, -0.15) is 0 Å². The number of aliphatic hydroxyl groups is 1. The minimum atomic E-state index is -0.950. The summed E-state index contributed by atoms with van der Waals surface area (Å²) in [4.78, 5) is 24.3. The minimum absolute atomic E-state index is 0.0194. The van der Waals surface area contributed by atoms with E-state index in [1.54, 1.807) is 4.90 Å².